The van der Waals surface area contributed by atoms with E-state index in [1.165, 1.54) is 18.2 Å². The molecule has 4 heteroatoms. The van der Waals surface area contributed by atoms with Crippen molar-refractivity contribution in [1.82, 2.24) is 4.98 Å². The van der Waals surface area contributed by atoms with Gasteiger partial charge in [0.25, 0.3) is 0 Å². The molecule has 1 heterocycles. The zero-order valence-electron chi connectivity index (χ0n) is 10.6. The smallest absolute Gasteiger partial charge is 0.123 e. The molecule has 0 fully saturated rings. The Labute approximate surface area is 120 Å². The number of thioether (sulfide) groups is 1. The average molecular weight is 282 g/mol. The lowest BCUT2D eigenvalue weighted by atomic mass is 10.1. The number of nitriles is 1. The Kier molecular flexibility index (Phi) is 3.44. The topological polar surface area (TPSA) is 39.6 Å². The van der Waals surface area contributed by atoms with Gasteiger partial charge in [-0.3, -0.25) is 0 Å². The molecule has 0 spiro atoms. The third kappa shape index (κ3) is 2.54. The summed E-state index contributed by atoms with van der Waals surface area (Å²) >= 11 is 1.56. The molecular weight excluding hydrogens is 271 g/mol. The standard InChI is InChI=1S/C16H11FN2S/c17-14-6-5-12(9-18)13(7-14)10-20-16-8-11-3-1-2-4-15(11)19-16/h1-8,19H,10H2. The predicted molar refractivity (Wildman–Crippen MR) is 79.0 cm³/mol. The van der Waals surface area contributed by atoms with Crippen LogP contribution in [0.5, 0.6) is 0 Å². The lowest BCUT2D eigenvalue weighted by molar-refractivity contribution is 0.626. The Morgan fingerprint density at radius 3 is 2.80 bits per heavy atom. The van der Waals surface area contributed by atoms with Crippen molar-refractivity contribution < 1.29 is 4.39 Å². The second kappa shape index (κ2) is 5.40. The number of hydrogen-bond acceptors (Lipinski definition) is 2. The van der Waals surface area contributed by atoms with Gasteiger partial charge in [-0.1, -0.05) is 18.2 Å². The quantitative estimate of drug-likeness (QED) is 0.720. The zero-order chi connectivity index (χ0) is 13.9. The molecule has 1 N–H and O–H groups in total. The second-order valence-electron chi connectivity index (χ2n) is 4.42. The summed E-state index contributed by atoms with van der Waals surface area (Å²) in [4.78, 5) is 3.30. The van der Waals surface area contributed by atoms with Crippen LogP contribution >= 0.6 is 11.8 Å². The minimum absolute atomic E-state index is 0.309. The molecule has 2 nitrogen and oxygen atoms in total. The molecule has 0 amide bonds. The van der Waals surface area contributed by atoms with Crippen LogP contribution in [0.25, 0.3) is 10.9 Å². The van der Waals surface area contributed by atoms with Gasteiger partial charge in [0, 0.05) is 16.7 Å². The lowest BCUT2D eigenvalue weighted by Gasteiger charge is -2.02. The second-order valence-corrected chi connectivity index (χ2v) is 5.44. The van der Waals surface area contributed by atoms with Gasteiger partial charge >= 0.3 is 0 Å². The van der Waals surface area contributed by atoms with Crippen LogP contribution in [0, 0.1) is 17.1 Å². The summed E-state index contributed by atoms with van der Waals surface area (Å²) in [5.41, 5.74) is 2.32. The fraction of sp³-hybridized carbons (Fsp3) is 0.0625. The number of rotatable bonds is 3. The number of para-hydroxylation sites is 1. The molecule has 1 aromatic heterocycles. The molecule has 0 bridgehead atoms. The molecule has 0 saturated heterocycles. The van der Waals surface area contributed by atoms with E-state index in [4.69, 9.17) is 5.26 Å². The van der Waals surface area contributed by atoms with Crippen LogP contribution < -0.4 is 0 Å². The summed E-state index contributed by atoms with van der Waals surface area (Å²) in [6, 6.07) is 16.4. The van der Waals surface area contributed by atoms with Crippen molar-refractivity contribution in [3.63, 3.8) is 0 Å². The number of aromatic nitrogens is 1. The summed E-state index contributed by atoms with van der Waals surface area (Å²) < 4.78 is 13.3. The van der Waals surface area contributed by atoms with E-state index < -0.39 is 0 Å². The number of nitrogens with zero attached hydrogens (tertiary/aromatic N) is 1. The molecule has 0 atom stereocenters. The van der Waals surface area contributed by atoms with Crippen molar-refractivity contribution in [1.29, 1.82) is 5.26 Å². The first-order chi connectivity index (χ1) is 9.76. The highest BCUT2D eigenvalue weighted by Crippen LogP contribution is 2.27. The molecule has 3 aromatic rings. The predicted octanol–water partition coefficient (Wildman–Crippen LogP) is 4.47. The van der Waals surface area contributed by atoms with Crippen LogP contribution in [0.1, 0.15) is 11.1 Å². The van der Waals surface area contributed by atoms with Gasteiger partial charge in [0.2, 0.25) is 0 Å². The lowest BCUT2D eigenvalue weighted by Crippen LogP contribution is -1.89. The molecule has 0 aliphatic carbocycles. The molecule has 98 valence electrons. The largest absolute Gasteiger partial charge is 0.350 e. The van der Waals surface area contributed by atoms with Crippen molar-refractivity contribution in [2.75, 3.05) is 0 Å². The van der Waals surface area contributed by atoms with Gasteiger partial charge in [0.1, 0.15) is 5.82 Å². The first-order valence-electron chi connectivity index (χ1n) is 6.15. The van der Waals surface area contributed by atoms with Crippen LogP contribution in [0.4, 0.5) is 4.39 Å². The monoisotopic (exact) mass is 282 g/mol. The first kappa shape index (κ1) is 12.8. The van der Waals surface area contributed by atoms with Crippen LogP contribution in [0.3, 0.4) is 0 Å². The Morgan fingerprint density at radius 2 is 2.00 bits per heavy atom. The summed E-state index contributed by atoms with van der Waals surface area (Å²) in [6.07, 6.45) is 0. The highest BCUT2D eigenvalue weighted by molar-refractivity contribution is 7.98. The zero-order valence-corrected chi connectivity index (χ0v) is 11.4. The third-order valence-corrected chi connectivity index (χ3v) is 4.06. The Balaban J connectivity index is 1.83. The van der Waals surface area contributed by atoms with Crippen LogP contribution in [-0.2, 0) is 5.75 Å². The number of hydrogen-bond donors (Lipinski definition) is 1. The summed E-state index contributed by atoms with van der Waals surface area (Å²) in [7, 11) is 0. The van der Waals surface area contributed by atoms with E-state index in [0.29, 0.717) is 11.3 Å². The van der Waals surface area contributed by atoms with E-state index in [-0.39, 0.29) is 5.82 Å². The van der Waals surface area contributed by atoms with E-state index >= 15 is 0 Å². The maximum atomic E-state index is 13.3. The Bertz CT molecular complexity index is 769. The molecule has 0 radical (unpaired) electrons. The van der Waals surface area contributed by atoms with Gasteiger partial charge < -0.3 is 4.98 Å². The molecule has 0 saturated carbocycles. The third-order valence-electron chi connectivity index (χ3n) is 3.08. The van der Waals surface area contributed by atoms with Gasteiger partial charge in [0.15, 0.2) is 0 Å². The first-order valence-corrected chi connectivity index (χ1v) is 7.14. The van der Waals surface area contributed by atoms with E-state index in [1.54, 1.807) is 11.8 Å². The summed E-state index contributed by atoms with van der Waals surface area (Å²) in [5.74, 6) is 0.254. The maximum Gasteiger partial charge on any atom is 0.123 e. The van der Waals surface area contributed by atoms with Crippen molar-refractivity contribution in [2.24, 2.45) is 0 Å². The Morgan fingerprint density at radius 1 is 1.15 bits per heavy atom. The molecule has 2 aromatic carbocycles. The van der Waals surface area contributed by atoms with Gasteiger partial charge in [-0.2, -0.15) is 5.26 Å². The highest BCUT2D eigenvalue weighted by atomic mass is 32.2. The molecular formula is C16H11FN2S. The molecule has 0 aliphatic heterocycles. The molecule has 3 rings (SSSR count). The number of nitrogens with one attached hydrogen (secondary N) is 1. The van der Waals surface area contributed by atoms with Crippen molar-refractivity contribution in [3.8, 4) is 6.07 Å². The maximum absolute atomic E-state index is 13.3. The van der Waals surface area contributed by atoms with E-state index in [0.717, 1.165) is 21.5 Å². The van der Waals surface area contributed by atoms with Crippen LogP contribution in [0.15, 0.2) is 53.6 Å². The normalized spacial score (nSPS) is 10.6. The number of aromatic amines is 1. The van der Waals surface area contributed by atoms with E-state index in [2.05, 4.69) is 17.1 Å². The van der Waals surface area contributed by atoms with Gasteiger partial charge in [-0.05, 0) is 35.9 Å². The molecule has 0 aliphatic rings. The number of halogens is 1. The SMILES string of the molecule is N#Cc1ccc(F)cc1CSc1cc2ccccc2[nH]1. The molecule has 20 heavy (non-hydrogen) atoms. The van der Waals surface area contributed by atoms with Crippen molar-refractivity contribution in [3.05, 3.63) is 65.5 Å². The van der Waals surface area contributed by atoms with Crippen molar-refractivity contribution >= 4 is 22.7 Å². The van der Waals surface area contributed by atoms with Crippen LogP contribution in [-0.4, -0.2) is 4.98 Å². The molecule has 0 unspecified atom stereocenters. The minimum atomic E-state index is -0.309. The fourth-order valence-corrected chi connectivity index (χ4v) is 3.01. The number of fused-ring (bicyclic) bond motifs is 1. The van der Waals surface area contributed by atoms with Crippen molar-refractivity contribution in [2.45, 2.75) is 10.8 Å². The van der Waals surface area contributed by atoms with E-state index in [9.17, 15) is 4.39 Å². The van der Waals surface area contributed by atoms with Crippen LogP contribution in [0.2, 0.25) is 0 Å². The Hall–Kier alpha value is -2.25. The van der Waals surface area contributed by atoms with E-state index in [1.807, 2.05) is 24.3 Å². The summed E-state index contributed by atoms with van der Waals surface area (Å²) in [6.45, 7) is 0. The highest BCUT2D eigenvalue weighted by Gasteiger charge is 2.06. The fourth-order valence-electron chi connectivity index (χ4n) is 2.07. The average Bonchev–Trinajstić information content (AvgIpc) is 2.88. The summed E-state index contributed by atoms with van der Waals surface area (Å²) in [5, 5.41) is 11.2. The van der Waals surface area contributed by atoms with Gasteiger partial charge in [-0.25, -0.2) is 4.39 Å². The van der Waals surface area contributed by atoms with Gasteiger partial charge in [0.05, 0.1) is 16.7 Å². The number of H-pyrrole nitrogens is 1. The minimum Gasteiger partial charge on any atom is -0.350 e. The van der Waals surface area contributed by atoms with Gasteiger partial charge in [-0.15, -0.1) is 11.8 Å². The number of benzene rings is 2.